The molecule has 35 heavy (non-hydrogen) atoms. The number of benzene rings is 2. The Morgan fingerprint density at radius 1 is 1.14 bits per heavy atom. The molecule has 7 nitrogen and oxygen atoms in total. The first-order chi connectivity index (χ1) is 16.8. The standard InChI is InChI=1S/C28H36N2O5/c1-8-34-27-19(3)28-22(16-21(27)18(2)14-26(31)29-12-9-13-30(4)5)23(17-35-28)20-10-11-24(32-6)25(15-20)33-7/h10-11,14-17H,8-9,12-13H2,1-7H3,(H,29,31)/b18-14+. The smallest absolute Gasteiger partial charge is 0.244 e. The predicted octanol–water partition coefficient (Wildman–Crippen LogP) is 5.30. The van der Waals surface area contributed by atoms with Crippen LogP contribution in [-0.2, 0) is 4.79 Å². The second-order valence-electron chi connectivity index (χ2n) is 8.68. The van der Waals surface area contributed by atoms with Gasteiger partial charge in [0.05, 0.1) is 27.1 Å². The quantitative estimate of drug-likeness (QED) is 0.297. The molecule has 2 aromatic carbocycles. The lowest BCUT2D eigenvalue weighted by atomic mass is 9.96. The number of aryl methyl sites for hydroxylation is 1. The van der Waals surface area contributed by atoms with E-state index in [2.05, 4.69) is 10.2 Å². The van der Waals surface area contributed by atoms with Crippen LogP contribution < -0.4 is 19.5 Å². The molecule has 188 valence electrons. The number of fused-ring (bicyclic) bond motifs is 1. The van der Waals surface area contributed by atoms with Gasteiger partial charge in [-0.25, -0.2) is 0 Å². The summed E-state index contributed by atoms with van der Waals surface area (Å²) in [6.45, 7) is 7.91. The molecule has 0 atom stereocenters. The third kappa shape index (κ3) is 5.98. The predicted molar refractivity (Wildman–Crippen MR) is 140 cm³/mol. The van der Waals surface area contributed by atoms with Crippen LogP contribution in [0.1, 0.15) is 31.4 Å². The van der Waals surface area contributed by atoms with E-state index in [1.165, 1.54) is 0 Å². The van der Waals surface area contributed by atoms with Gasteiger partial charge in [0.15, 0.2) is 11.5 Å². The van der Waals surface area contributed by atoms with Crippen molar-refractivity contribution in [2.45, 2.75) is 27.2 Å². The normalized spacial score (nSPS) is 11.7. The monoisotopic (exact) mass is 480 g/mol. The van der Waals surface area contributed by atoms with Crippen molar-refractivity contribution in [1.82, 2.24) is 10.2 Å². The van der Waals surface area contributed by atoms with Crippen LogP contribution in [-0.4, -0.2) is 58.8 Å². The molecule has 1 aromatic heterocycles. The van der Waals surface area contributed by atoms with Gasteiger partial charge in [0, 0.05) is 34.7 Å². The average molecular weight is 481 g/mol. The maximum absolute atomic E-state index is 12.6. The van der Waals surface area contributed by atoms with E-state index in [-0.39, 0.29) is 5.91 Å². The van der Waals surface area contributed by atoms with Gasteiger partial charge in [-0.05, 0) is 77.2 Å². The highest BCUT2D eigenvalue weighted by Crippen LogP contribution is 2.42. The van der Waals surface area contributed by atoms with Crippen LogP contribution >= 0.6 is 0 Å². The van der Waals surface area contributed by atoms with Crippen molar-refractivity contribution in [3.05, 3.63) is 47.7 Å². The Hall–Kier alpha value is -3.45. The van der Waals surface area contributed by atoms with Crippen molar-refractivity contribution in [1.29, 1.82) is 0 Å². The number of nitrogens with zero attached hydrogens (tertiary/aromatic N) is 1. The van der Waals surface area contributed by atoms with Crippen molar-refractivity contribution < 1.29 is 23.4 Å². The summed E-state index contributed by atoms with van der Waals surface area (Å²) in [5.41, 5.74) is 5.20. The zero-order valence-corrected chi connectivity index (χ0v) is 21.8. The molecule has 0 saturated carbocycles. The van der Waals surface area contributed by atoms with Gasteiger partial charge >= 0.3 is 0 Å². The Morgan fingerprint density at radius 2 is 1.89 bits per heavy atom. The Labute approximate surface area is 207 Å². The zero-order valence-electron chi connectivity index (χ0n) is 21.8. The Balaban J connectivity index is 2.03. The highest BCUT2D eigenvalue weighted by molar-refractivity contribution is 6.01. The fraction of sp³-hybridized carbons (Fsp3) is 0.393. The molecular formula is C28H36N2O5. The number of nitrogens with one attached hydrogen (secondary N) is 1. The molecule has 0 aliphatic carbocycles. The van der Waals surface area contributed by atoms with Gasteiger partial charge in [-0.3, -0.25) is 4.79 Å². The lowest BCUT2D eigenvalue weighted by molar-refractivity contribution is -0.116. The van der Waals surface area contributed by atoms with E-state index in [4.69, 9.17) is 18.6 Å². The molecule has 0 saturated heterocycles. The highest BCUT2D eigenvalue weighted by atomic mass is 16.5. The van der Waals surface area contributed by atoms with Gasteiger partial charge in [-0.2, -0.15) is 0 Å². The number of carbonyl (C=O) groups excluding carboxylic acids is 1. The molecule has 1 heterocycles. The first-order valence-corrected chi connectivity index (χ1v) is 11.8. The van der Waals surface area contributed by atoms with Crippen LogP contribution in [0.25, 0.3) is 27.7 Å². The van der Waals surface area contributed by atoms with Gasteiger partial charge in [0.1, 0.15) is 11.3 Å². The number of carbonyl (C=O) groups is 1. The minimum absolute atomic E-state index is 0.117. The molecule has 0 unspecified atom stereocenters. The summed E-state index contributed by atoms with van der Waals surface area (Å²) in [6.07, 6.45) is 4.27. The van der Waals surface area contributed by atoms with Crippen LogP contribution in [0.15, 0.2) is 41.0 Å². The molecular weight excluding hydrogens is 444 g/mol. The maximum Gasteiger partial charge on any atom is 0.244 e. The lowest BCUT2D eigenvalue weighted by Gasteiger charge is -2.15. The van der Waals surface area contributed by atoms with E-state index in [1.807, 2.05) is 59.1 Å². The fourth-order valence-electron chi connectivity index (χ4n) is 4.10. The number of allylic oxidation sites excluding steroid dienone is 1. The molecule has 0 bridgehead atoms. The van der Waals surface area contributed by atoms with Crippen molar-refractivity contribution in [2.24, 2.45) is 0 Å². The molecule has 1 amide bonds. The first-order valence-electron chi connectivity index (χ1n) is 11.8. The largest absolute Gasteiger partial charge is 0.493 e. The number of hydrogen-bond donors (Lipinski definition) is 1. The van der Waals surface area contributed by atoms with E-state index in [1.54, 1.807) is 26.6 Å². The molecule has 3 rings (SSSR count). The van der Waals surface area contributed by atoms with E-state index in [0.29, 0.717) is 24.7 Å². The van der Waals surface area contributed by atoms with Gasteiger partial charge in [0.2, 0.25) is 5.91 Å². The van der Waals surface area contributed by atoms with Crippen LogP contribution in [0.5, 0.6) is 17.2 Å². The lowest BCUT2D eigenvalue weighted by Crippen LogP contribution is -2.25. The summed E-state index contributed by atoms with van der Waals surface area (Å²) in [4.78, 5) is 14.7. The van der Waals surface area contributed by atoms with E-state index in [0.717, 1.165) is 57.5 Å². The van der Waals surface area contributed by atoms with Crippen molar-refractivity contribution >= 4 is 22.4 Å². The summed E-state index contributed by atoms with van der Waals surface area (Å²) in [6, 6.07) is 7.81. The number of furan rings is 1. The molecule has 7 heteroatoms. The number of methoxy groups -OCH3 is 2. The highest BCUT2D eigenvalue weighted by Gasteiger charge is 2.20. The Morgan fingerprint density at radius 3 is 2.54 bits per heavy atom. The minimum Gasteiger partial charge on any atom is -0.493 e. The molecule has 3 aromatic rings. The van der Waals surface area contributed by atoms with E-state index >= 15 is 0 Å². The van der Waals surface area contributed by atoms with Crippen LogP contribution in [0.3, 0.4) is 0 Å². The third-order valence-electron chi connectivity index (χ3n) is 5.88. The summed E-state index contributed by atoms with van der Waals surface area (Å²) in [5, 5.41) is 3.91. The van der Waals surface area contributed by atoms with Crippen LogP contribution in [0, 0.1) is 6.92 Å². The fourth-order valence-corrected chi connectivity index (χ4v) is 4.10. The second kappa shape index (κ2) is 11.8. The first kappa shape index (κ1) is 26.2. The Kier molecular flexibility index (Phi) is 8.82. The minimum atomic E-state index is -0.117. The van der Waals surface area contributed by atoms with E-state index in [9.17, 15) is 4.79 Å². The number of rotatable bonds is 11. The topological polar surface area (TPSA) is 73.2 Å². The summed E-state index contributed by atoms with van der Waals surface area (Å²) >= 11 is 0. The van der Waals surface area contributed by atoms with Gasteiger partial charge in [-0.15, -0.1) is 0 Å². The van der Waals surface area contributed by atoms with Gasteiger partial charge in [-0.1, -0.05) is 6.07 Å². The maximum atomic E-state index is 12.6. The summed E-state index contributed by atoms with van der Waals surface area (Å²) < 4.78 is 22.9. The zero-order chi connectivity index (χ0) is 25.5. The van der Waals surface area contributed by atoms with Gasteiger partial charge < -0.3 is 28.8 Å². The Bertz CT molecular complexity index is 1210. The van der Waals surface area contributed by atoms with Crippen LogP contribution in [0.2, 0.25) is 0 Å². The van der Waals surface area contributed by atoms with Crippen LogP contribution in [0.4, 0.5) is 0 Å². The number of hydrogen-bond acceptors (Lipinski definition) is 6. The molecule has 0 aliphatic rings. The van der Waals surface area contributed by atoms with Crippen molar-refractivity contribution in [3.8, 4) is 28.4 Å². The van der Waals surface area contributed by atoms with Gasteiger partial charge in [0.25, 0.3) is 0 Å². The molecule has 0 radical (unpaired) electrons. The second-order valence-corrected chi connectivity index (χ2v) is 8.68. The molecule has 0 spiro atoms. The number of amides is 1. The SMILES string of the molecule is CCOc1c(/C(C)=C/C(=O)NCCCN(C)C)cc2c(-c3ccc(OC)c(OC)c3)coc2c1C. The number of ether oxygens (including phenoxy) is 3. The summed E-state index contributed by atoms with van der Waals surface area (Å²) in [7, 11) is 7.27. The summed E-state index contributed by atoms with van der Waals surface area (Å²) in [5.74, 6) is 1.91. The molecule has 0 aliphatic heterocycles. The van der Waals surface area contributed by atoms with Crippen molar-refractivity contribution in [3.63, 3.8) is 0 Å². The van der Waals surface area contributed by atoms with E-state index < -0.39 is 0 Å². The third-order valence-corrected chi connectivity index (χ3v) is 5.88. The average Bonchev–Trinajstić information content (AvgIpc) is 3.27. The molecule has 1 N–H and O–H groups in total. The molecule has 0 fully saturated rings. The van der Waals surface area contributed by atoms with Crippen molar-refractivity contribution in [2.75, 3.05) is 48.0 Å².